The third-order valence-electron chi connectivity index (χ3n) is 7.40. The van der Waals surface area contributed by atoms with Gasteiger partial charge >= 0.3 is 5.97 Å². The molecule has 3 aromatic carbocycles. The molecule has 1 N–H and O–H groups in total. The first-order chi connectivity index (χ1) is 20.1. The summed E-state index contributed by atoms with van der Waals surface area (Å²) in [5.74, 6) is -0.508. The summed E-state index contributed by atoms with van der Waals surface area (Å²) in [5.41, 5.74) is 5.26. The highest BCUT2D eigenvalue weighted by atomic mass is 16.5. The first-order valence-electron chi connectivity index (χ1n) is 14.6. The Labute approximate surface area is 248 Å². The van der Waals surface area contributed by atoms with Crippen LogP contribution < -0.4 is 4.74 Å². The average molecular weight is 565 g/mol. The van der Waals surface area contributed by atoms with Crippen molar-refractivity contribution in [2.24, 2.45) is 5.92 Å². The lowest BCUT2D eigenvalue weighted by molar-refractivity contribution is -0.141. The number of ether oxygens (including phenoxy) is 1. The van der Waals surface area contributed by atoms with Gasteiger partial charge in [0.1, 0.15) is 5.75 Å². The zero-order valence-electron chi connectivity index (χ0n) is 25.0. The number of carbonyl (C=O) groups excluding carboxylic acids is 1. The van der Waals surface area contributed by atoms with E-state index in [2.05, 4.69) is 37.7 Å². The fraction of sp³-hybridized carbons (Fsp3) is 0.333. The van der Waals surface area contributed by atoms with Gasteiger partial charge in [-0.2, -0.15) is 0 Å². The van der Waals surface area contributed by atoms with Gasteiger partial charge in [-0.1, -0.05) is 101 Å². The standard InChI is InChI=1S/C36H40N2O4/c1-5-6-7-20-42-32-18-14-26(15-19-32)30-23-37-34(38-24-30)28-10-8-25(9-11-28)21-29(35(40)41)22-33(39)27-12-16-31(17-13-27)36(2,3)4/h8-19,23-24,29H,5-7,20-22H2,1-4H3,(H,40,41)/t29-/m1/s1. The molecular weight excluding hydrogens is 524 g/mol. The van der Waals surface area contributed by atoms with E-state index in [9.17, 15) is 14.7 Å². The van der Waals surface area contributed by atoms with Crippen LogP contribution in [-0.4, -0.2) is 33.4 Å². The third-order valence-corrected chi connectivity index (χ3v) is 7.40. The van der Waals surface area contributed by atoms with E-state index in [4.69, 9.17) is 4.74 Å². The van der Waals surface area contributed by atoms with Crippen LogP contribution in [0.15, 0.2) is 85.2 Å². The van der Waals surface area contributed by atoms with Crippen LogP contribution in [0.3, 0.4) is 0 Å². The Balaban J connectivity index is 1.36. The third kappa shape index (κ3) is 8.35. The molecule has 0 radical (unpaired) electrons. The number of Topliss-reactive ketones (excluding diaryl/α,β-unsaturated/α-hetero) is 1. The Morgan fingerprint density at radius 3 is 2.00 bits per heavy atom. The molecule has 0 aliphatic heterocycles. The van der Waals surface area contributed by atoms with Gasteiger partial charge in [0.25, 0.3) is 0 Å². The largest absolute Gasteiger partial charge is 0.494 e. The highest BCUT2D eigenvalue weighted by Crippen LogP contribution is 2.26. The van der Waals surface area contributed by atoms with Gasteiger partial charge in [-0.05, 0) is 47.1 Å². The lowest BCUT2D eigenvalue weighted by Gasteiger charge is -2.19. The van der Waals surface area contributed by atoms with Crippen molar-refractivity contribution in [2.45, 2.75) is 65.2 Å². The number of aromatic nitrogens is 2. The quantitative estimate of drug-likeness (QED) is 0.130. The summed E-state index contributed by atoms with van der Waals surface area (Å²) >= 11 is 0. The molecule has 1 heterocycles. The Bertz CT molecular complexity index is 1450. The molecule has 6 nitrogen and oxygen atoms in total. The molecular formula is C36H40N2O4. The highest BCUT2D eigenvalue weighted by Gasteiger charge is 2.23. The van der Waals surface area contributed by atoms with Crippen molar-refractivity contribution in [3.63, 3.8) is 0 Å². The normalized spacial score (nSPS) is 12.1. The van der Waals surface area contributed by atoms with Crippen LogP contribution in [0.2, 0.25) is 0 Å². The van der Waals surface area contributed by atoms with E-state index in [1.807, 2.05) is 60.7 Å². The predicted octanol–water partition coefficient (Wildman–Crippen LogP) is 8.19. The summed E-state index contributed by atoms with van der Waals surface area (Å²) in [6, 6.07) is 23.0. The molecule has 0 amide bonds. The maximum Gasteiger partial charge on any atom is 0.307 e. The van der Waals surface area contributed by atoms with Gasteiger partial charge < -0.3 is 9.84 Å². The molecule has 0 bridgehead atoms. The Kier molecular flexibility index (Phi) is 10.2. The fourth-order valence-corrected chi connectivity index (χ4v) is 4.73. The zero-order chi connectivity index (χ0) is 30.1. The summed E-state index contributed by atoms with van der Waals surface area (Å²) < 4.78 is 5.79. The number of hydrogen-bond donors (Lipinski definition) is 1. The maximum absolute atomic E-state index is 12.9. The van der Waals surface area contributed by atoms with Crippen LogP contribution in [0.25, 0.3) is 22.5 Å². The van der Waals surface area contributed by atoms with E-state index in [0.29, 0.717) is 11.4 Å². The first kappa shape index (κ1) is 30.6. The summed E-state index contributed by atoms with van der Waals surface area (Å²) in [6.45, 7) is 9.24. The van der Waals surface area contributed by atoms with E-state index in [1.165, 1.54) is 12.8 Å². The van der Waals surface area contributed by atoms with Gasteiger partial charge in [-0.15, -0.1) is 0 Å². The molecule has 4 aromatic rings. The van der Waals surface area contributed by atoms with Crippen molar-refractivity contribution < 1.29 is 19.4 Å². The second kappa shape index (κ2) is 14.0. The van der Waals surface area contributed by atoms with Gasteiger partial charge in [0.05, 0.1) is 12.5 Å². The minimum atomic E-state index is -0.978. The smallest absolute Gasteiger partial charge is 0.307 e. The maximum atomic E-state index is 12.9. The number of aliphatic carboxylic acids is 1. The predicted molar refractivity (Wildman–Crippen MR) is 167 cm³/mol. The molecule has 1 aromatic heterocycles. The molecule has 1 atom stereocenters. The molecule has 0 aliphatic rings. The molecule has 42 heavy (non-hydrogen) atoms. The molecule has 4 rings (SSSR count). The number of carbonyl (C=O) groups is 2. The number of ketones is 1. The SMILES string of the molecule is CCCCCOc1ccc(-c2cnc(-c3ccc(C[C@H](CC(=O)c4ccc(C(C)(C)C)cc4)C(=O)O)cc3)nc2)cc1. The van der Waals surface area contributed by atoms with Crippen LogP contribution in [0.5, 0.6) is 5.75 Å². The van der Waals surface area contributed by atoms with Gasteiger partial charge in [0, 0.05) is 35.5 Å². The van der Waals surface area contributed by atoms with E-state index < -0.39 is 11.9 Å². The van der Waals surface area contributed by atoms with Gasteiger partial charge in [0.15, 0.2) is 11.6 Å². The summed E-state index contributed by atoms with van der Waals surface area (Å²) in [4.78, 5) is 34.0. The van der Waals surface area contributed by atoms with Gasteiger partial charge in [0.2, 0.25) is 0 Å². The van der Waals surface area contributed by atoms with E-state index in [0.717, 1.165) is 46.6 Å². The molecule has 0 spiro atoms. The van der Waals surface area contributed by atoms with Gasteiger partial charge in [-0.3, -0.25) is 9.59 Å². The monoisotopic (exact) mass is 564 g/mol. The number of carboxylic acid groups (broad SMARTS) is 1. The molecule has 218 valence electrons. The van der Waals surface area contributed by atoms with Crippen molar-refractivity contribution in [1.82, 2.24) is 9.97 Å². The first-order valence-corrected chi connectivity index (χ1v) is 14.6. The van der Waals surface area contributed by atoms with E-state index in [-0.39, 0.29) is 24.0 Å². The fourth-order valence-electron chi connectivity index (χ4n) is 4.73. The van der Waals surface area contributed by atoms with Crippen molar-refractivity contribution in [3.8, 4) is 28.3 Å². The number of benzene rings is 3. The molecule has 0 saturated heterocycles. The Morgan fingerprint density at radius 2 is 1.43 bits per heavy atom. The lowest BCUT2D eigenvalue weighted by Crippen LogP contribution is -2.20. The van der Waals surface area contributed by atoms with E-state index in [1.54, 1.807) is 24.5 Å². The van der Waals surface area contributed by atoms with Crippen LogP contribution in [0, 0.1) is 5.92 Å². The lowest BCUT2D eigenvalue weighted by atomic mass is 9.86. The van der Waals surface area contributed by atoms with Crippen LogP contribution in [0.4, 0.5) is 0 Å². The average Bonchev–Trinajstić information content (AvgIpc) is 2.99. The van der Waals surface area contributed by atoms with Crippen molar-refractivity contribution in [1.29, 1.82) is 0 Å². The number of nitrogens with zero attached hydrogens (tertiary/aromatic N) is 2. The number of hydrogen-bond acceptors (Lipinski definition) is 5. The highest BCUT2D eigenvalue weighted by molar-refractivity contribution is 5.98. The molecule has 0 fully saturated rings. The summed E-state index contributed by atoms with van der Waals surface area (Å²) in [5, 5.41) is 9.83. The molecule has 0 aliphatic carbocycles. The molecule has 0 saturated carbocycles. The second-order valence-corrected chi connectivity index (χ2v) is 11.8. The number of rotatable bonds is 13. The van der Waals surface area contributed by atoms with Crippen LogP contribution >= 0.6 is 0 Å². The van der Waals surface area contributed by atoms with Crippen molar-refractivity contribution in [3.05, 3.63) is 102 Å². The molecule has 6 heteroatoms. The summed E-state index contributed by atoms with van der Waals surface area (Å²) in [6.07, 6.45) is 7.20. The number of unbranched alkanes of at least 4 members (excludes halogenated alkanes) is 2. The van der Waals surface area contributed by atoms with E-state index >= 15 is 0 Å². The number of carboxylic acids is 1. The van der Waals surface area contributed by atoms with Crippen LogP contribution in [0.1, 0.15) is 74.9 Å². The minimum Gasteiger partial charge on any atom is -0.494 e. The Hall–Kier alpha value is -4.32. The Morgan fingerprint density at radius 1 is 0.810 bits per heavy atom. The zero-order valence-corrected chi connectivity index (χ0v) is 25.0. The van der Waals surface area contributed by atoms with Crippen molar-refractivity contribution >= 4 is 11.8 Å². The van der Waals surface area contributed by atoms with Gasteiger partial charge in [-0.25, -0.2) is 9.97 Å². The topological polar surface area (TPSA) is 89.4 Å². The molecule has 0 unspecified atom stereocenters. The van der Waals surface area contributed by atoms with Crippen LogP contribution in [-0.2, 0) is 16.6 Å². The van der Waals surface area contributed by atoms with Crippen molar-refractivity contribution in [2.75, 3.05) is 6.61 Å². The second-order valence-electron chi connectivity index (χ2n) is 11.8. The summed E-state index contributed by atoms with van der Waals surface area (Å²) in [7, 11) is 0. The minimum absolute atomic E-state index is 0.0142.